The normalized spacial score (nSPS) is 54.4. The summed E-state index contributed by atoms with van der Waals surface area (Å²) in [5.74, 6) is 0.196. The number of rotatable bonds is 4. The summed E-state index contributed by atoms with van der Waals surface area (Å²) in [6.07, 6.45) is 6.95. The van der Waals surface area contributed by atoms with Crippen LogP contribution in [0.2, 0.25) is 0 Å². The van der Waals surface area contributed by atoms with Gasteiger partial charge in [0.25, 0.3) is 0 Å². The number of aliphatic hydroxyl groups excluding tert-OH is 2. The van der Waals surface area contributed by atoms with Crippen LogP contribution >= 0.6 is 0 Å². The van der Waals surface area contributed by atoms with Gasteiger partial charge in [0, 0.05) is 11.5 Å². The first-order valence-electron chi connectivity index (χ1n) is 14.7. The molecule has 13 atom stereocenters. The molecule has 38 heavy (non-hydrogen) atoms. The topological polar surface area (TPSA) is 123 Å². The van der Waals surface area contributed by atoms with Crippen LogP contribution in [0.15, 0.2) is 11.6 Å². The maximum Gasteiger partial charge on any atom is 0.331 e. The largest absolute Gasteiger partial charge is 0.458 e. The number of aldehydes is 1. The number of fused-ring (bicyclic) bond motifs is 5. The Bertz CT molecular complexity index is 997. The van der Waals surface area contributed by atoms with E-state index in [-0.39, 0.29) is 34.7 Å². The minimum absolute atomic E-state index is 0.0707. The van der Waals surface area contributed by atoms with E-state index in [1.165, 1.54) is 0 Å². The van der Waals surface area contributed by atoms with E-state index in [0.717, 1.165) is 63.4 Å². The fraction of sp³-hybridized carbons (Fsp3) is 0.867. The Morgan fingerprint density at radius 1 is 1.03 bits per heavy atom. The molecule has 5 unspecified atom stereocenters. The van der Waals surface area contributed by atoms with Gasteiger partial charge in [-0.2, -0.15) is 0 Å². The molecule has 8 heteroatoms. The maximum absolute atomic E-state index is 12.4. The molecule has 212 valence electrons. The monoisotopic (exact) mass is 532 g/mol. The van der Waals surface area contributed by atoms with Crippen molar-refractivity contribution in [3.63, 3.8) is 0 Å². The van der Waals surface area contributed by atoms with E-state index in [2.05, 4.69) is 13.8 Å². The third kappa shape index (κ3) is 3.80. The van der Waals surface area contributed by atoms with Crippen LogP contribution in [0.25, 0.3) is 0 Å². The second-order valence-electron chi connectivity index (χ2n) is 13.7. The van der Waals surface area contributed by atoms with Crippen LogP contribution < -0.4 is 0 Å². The molecule has 0 aromatic carbocycles. The highest BCUT2D eigenvalue weighted by atomic mass is 16.7. The number of ether oxygens (including phenoxy) is 3. The number of carbonyl (C=O) groups is 2. The van der Waals surface area contributed by atoms with Gasteiger partial charge in [-0.05, 0) is 99.4 Å². The number of aliphatic hydroxyl groups is 3. The third-order valence-corrected chi connectivity index (χ3v) is 12.3. The summed E-state index contributed by atoms with van der Waals surface area (Å²) >= 11 is 0. The van der Waals surface area contributed by atoms with Crippen LogP contribution in [0.4, 0.5) is 0 Å². The molecule has 5 fully saturated rings. The highest BCUT2D eigenvalue weighted by Gasteiger charge is 2.67. The molecule has 4 aliphatic carbocycles. The van der Waals surface area contributed by atoms with Gasteiger partial charge in [-0.1, -0.05) is 13.8 Å². The predicted molar refractivity (Wildman–Crippen MR) is 136 cm³/mol. The average Bonchev–Trinajstić information content (AvgIpc) is 3.43. The lowest BCUT2D eigenvalue weighted by atomic mass is 9.43. The quantitative estimate of drug-likeness (QED) is 0.287. The number of hydrogen-bond donors (Lipinski definition) is 3. The van der Waals surface area contributed by atoms with Crippen molar-refractivity contribution in [2.75, 3.05) is 6.61 Å². The Hall–Kier alpha value is -1.32. The molecule has 0 spiro atoms. The van der Waals surface area contributed by atoms with E-state index in [9.17, 15) is 24.9 Å². The van der Waals surface area contributed by atoms with E-state index in [4.69, 9.17) is 14.2 Å². The number of cyclic esters (lactones) is 1. The molecule has 6 aliphatic rings. The van der Waals surface area contributed by atoms with Crippen LogP contribution in [0.1, 0.15) is 78.6 Å². The Morgan fingerprint density at radius 3 is 2.53 bits per heavy atom. The molecule has 2 heterocycles. The maximum atomic E-state index is 12.4. The smallest absolute Gasteiger partial charge is 0.331 e. The molecule has 0 aromatic rings. The van der Waals surface area contributed by atoms with Crippen molar-refractivity contribution >= 4 is 12.3 Å². The summed E-state index contributed by atoms with van der Waals surface area (Å²) in [6, 6.07) is 0. The van der Waals surface area contributed by atoms with Crippen LogP contribution in [0.3, 0.4) is 0 Å². The predicted octanol–water partition coefficient (Wildman–Crippen LogP) is 2.91. The third-order valence-electron chi connectivity index (χ3n) is 12.3. The van der Waals surface area contributed by atoms with Crippen molar-refractivity contribution in [2.24, 2.45) is 40.4 Å². The molecule has 0 bridgehead atoms. The first kappa shape index (κ1) is 26.9. The molecular formula is C30H44O8. The fourth-order valence-electron chi connectivity index (χ4n) is 10.0. The Labute approximate surface area is 225 Å². The molecule has 4 saturated carbocycles. The minimum atomic E-state index is -1.18. The van der Waals surface area contributed by atoms with E-state index >= 15 is 0 Å². The molecule has 8 nitrogen and oxygen atoms in total. The summed E-state index contributed by atoms with van der Waals surface area (Å²) in [5.41, 5.74) is 0.220. The summed E-state index contributed by atoms with van der Waals surface area (Å²) in [4.78, 5) is 23.3. The molecule has 1 saturated heterocycles. The second kappa shape index (κ2) is 9.37. The first-order valence-corrected chi connectivity index (χ1v) is 14.7. The van der Waals surface area contributed by atoms with E-state index in [1.54, 1.807) is 13.0 Å². The van der Waals surface area contributed by atoms with Crippen molar-refractivity contribution in [3.05, 3.63) is 11.6 Å². The zero-order chi connectivity index (χ0) is 27.0. The fourth-order valence-corrected chi connectivity index (χ4v) is 10.0. The standard InChI is InChI=1S/C30H44O8/c1-16-25(33)20(14-31)26(34)27(37-16)38-19-6-9-28(2)18(13-19)4-5-23-22(28)7-10-29(3)21(8-11-30(23,29)35)17-12-24(32)36-15-17/h12,14,16,18-23,25-27,33-35H,4-11,13,15H2,1-3H3/t16?,18-,19+,20+,21?,22?,23?,25+,26?,27+,28+,29-,30+/m1/s1. The van der Waals surface area contributed by atoms with Gasteiger partial charge < -0.3 is 34.3 Å². The Morgan fingerprint density at radius 2 is 1.82 bits per heavy atom. The van der Waals surface area contributed by atoms with Gasteiger partial charge in [0.05, 0.1) is 29.8 Å². The average molecular weight is 533 g/mol. The number of hydrogen-bond acceptors (Lipinski definition) is 8. The lowest BCUT2D eigenvalue weighted by Crippen LogP contribution is -2.62. The second-order valence-corrected chi connectivity index (χ2v) is 13.7. The van der Waals surface area contributed by atoms with Crippen molar-refractivity contribution in [1.82, 2.24) is 0 Å². The molecule has 0 radical (unpaired) electrons. The Balaban J connectivity index is 1.16. The molecule has 6 rings (SSSR count). The first-order chi connectivity index (χ1) is 18.0. The summed E-state index contributed by atoms with van der Waals surface area (Å²) in [5, 5.41) is 33.2. The van der Waals surface area contributed by atoms with Gasteiger partial charge in [-0.15, -0.1) is 0 Å². The van der Waals surface area contributed by atoms with Gasteiger partial charge in [0.1, 0.15) is 19.0 Å². The van der Waals surface area contributed by atoms with Crippen LogP contribution in [0.5, 0.6) is 0 Å². The molecular weight excluding hydrogens is 488 g/mol. The molecule has 0 aromatic heterocycles. The lowest BCUT2D eigenvalue weighted by Gasteiger charge is -2.64. The molecule has 0 amide bonds. The molecule has 2 aliphatic heterocycles. The lowest BCUT2D eigenvalue weighted by molar-refractivity contribution is -0.296. The molecule has 3 N–H and O–H groups in total. The SMILES string of the molecule is CC1O[C@@H](O[C@H]2CC[C@]3(C)C4CC[C@]5(C)C(C6=CC(=O)OC6)CC[C@]5(O)C4CC[C@@H]3C2)C(O)[C@@H](C=O)[C@H]1O. The summed E-state index contributed by atoms with van der Waals surface area (Å²) in [6.45, 7) is 6.74. The zero-order valence-corrected chi connectivity index (χ0v) is 22.9. The zero-order valence-electron chi connectivity index (χ0n) is 22.9. The van der Waals surface area contributed by atoms with Gasteiger partial charge in [-0.25, -0.2) is 4.79 Å². The summed E-state index contributed by atoms with van der Waals surface area (Å²) < 4.78 is 17.3. The van der Waals surface area contributed by atoms with Crippen molar-refractivity contribution < 1.29 is 39.1 Å². The van der Waals surface area contributed by atoms with Crippen molar-refractivity contribution in [3.8, 4) is 0 Å². The number of esters is 1. The van der Waals surface area contributed by atoms with E-state index in [0.29, 0.717) is 24.7 Å². The highest BCUT2D eigenvalue weighted by Crippen LogP contribution is 2.70. The summed E-state index contributed by atoms with van der Waals surface area (Å²) in [7, 11) is 0. The van der Waals surface area contributed by atoms with Gasteiger partial charge >= 0.3 is 5.97 Å². The minimum Gasteiger partial charge on any atom is -0.458 e. The van der Waals surface area contributed by atoms with Crippen LogP contribution in [-0.2, 0) is 23.8 Å². The Kier molecular flexibility index (Phi) is 6.63. The van der Waals surface area contributed by atoms with Crippen molar-refractivity contribution in [1.29, 1.82) is 0 Å². The van der Waals surface area contributed by atoms with Gasteiger partial charge in [0.2, 0.25) is 0 Å². The van der Waals surface area contributed by atoms with Gasteiger partial charge in [-0.3, -0.25) is 0 Å². The number of carbonyl (C=O) groups excluding carboxylic acids is 2. The van der Waals surface area contributed by atoms with E-state index < -0.39 is 36.1 Å². The van der Waals surface area contributed by atoms with Crippen molar-refractivity contribution in [2.45, 2.75) is 115 Å². The van der Waals surface area contributed by atoms with Crippen LogP contribution in [-0.4, -0.2) is 70.5 Å². The highest BCUT2D eigenvalue weighted by molar-refractivity contribution is 5.85. The van der Waals surface area contributed by atoms with E-state index in [1.807, 2.05) is 0 Å². The van der Waals surface area contributed by atoms with Crippen LogP contribution in [0, 0.1) is 40.4 Å². The van der Waals surface area contributed by atoms with Gasteiger partial charge in [0.15, 0.2) is 6.29 Å².